The van der Waals surface area contributed by atoms with E-state index in [4.69, 9.17) is 0 Å². The Bertz CT molecular complexity index is 566. The lowest BCUT2D eigenvalue weighted by Gasteiger charge is -2.16. The third-order valence-electron chi connectivity index (χ3n) is 3.16. The SMILES string of the molecule is Cc1cccc(C(=O)N[C@@H](CO)Cc2ccccc2)c1. The molecule has 0 unspecified atom stereocenters. The molecule has 0 aliphatic heterocycles. The molecular weight excluding hydrogens is 250 g/mol. The normalized spacial score (nSPS) is 11.9. The molecule has 0 aliphatic carbocycles. The summed E-state index contributed by atoms with van der Waals surface area (Å²) >= 11 is 0. The van der Waals surface area contributed by atoms with Crippen LogP contribution in [-0.4, -0.2) is 23.7 Å². The second-order valence-electron chi connectivity index (χ2n) is 4.91. The molecular formula is C17H19NO2. The Labute approximate surface area is 119 Å². The molecule has 1 atom stereocenters. The summed E-state index contributed by atoms with van der Waals surface area (Å²) in [5.74, 6) is -0.149. The van der Waals surface area contributed by atoms with Gasteiger partial charge in [0.1, 0.15) is 0 Å². The standard InChI is InChI=1S/C17H19NO2/c1-13-6-5-9-15(10-13)17(20)18-16(12-19)11-14-7-3-2-4-8-14/h2-10,16,19H,11-12H2,1H3,(H,18,20)/t16-/m1/s1. The first-order valence-electron chi connectivity index (χ1n) is 6.71. The number of amides is 1. The van der Waals surface area contributed by atoms with Crippen LogP contribution in [0.4, 0.5) is 0 Å². The quantitative estimate of drug-likeness (QED) is 0.875. The van der Waals surface area contributed by atoms with Crippen molar-refractivity contribution in [2.24, 2.45) is 0 Å². The Hall–Kier alpha value is -2.13. The minimum absolute atomic E-state index is 0.0769. The number of carbonyl (C=O) groups excluding carboxylic acids is 1. The van der Waals surface area contributed by atoms with Crippen molar-refractivity contribution >= 4 is 5.91 Å². The van der Waals surface area contributed by atoms with Crippen molar-refractivity contribution in [1.82, 2.24) is 5.32 Å². The summed E-state index contributed by atoms with van der Waals surface area (Å²) in [4.78, 5) is 12.1. The van der Waals surface area contributed by atoms with Crippen LogP contribution in [0.2, 0.25) is 0 Å². The summed E-state index contributed by atoms with van der Waals surface area (Å²) in [7, 11) is 0. The molecule has 0 heterocycles. The summed E-state index contributed by atoms with van der Waals surface area (Å²) in [6, 6.07) is 17.0. The van der Waals surface area contributed by atoms with Gasteiger partial charge in [0.05, 0.1) is 12.6 Å². The molecule has 2 aromatic carbocycles. The molecule has 0 bridgehead atoms. The van der Waals surface area contributed by atoms with E-state index in [0.717, 1.165) is 11.1 Å². The van der Waals surface area contributed by atoms with Crippen LogP contribution in [0, 0.1) is 6.92 Å². The van der Waals surface area contributed by atoms with E-state index < -0.39 is 0 Å². The number of benzene rings is 2. The summed E-state index contributed by atoms with van der Waals surface area (Å²) in [5, 5.41) is 12.3. The van der Waals surface area contributed by atoms with Crippen LogP contribution in [0.3, 0.4) is 0 Å². The second kappa shape index (κ2) is 6.87. The van der Waals surface area contributed by atoms with Gasteiger partial charge < -0.3 is 10.4 Å². The van der Waals surface area contributed by atoms with Crippen LogP contribution in [-0.2, 0) is 6.42 Å². The van der Waals surface area contributed by atoms with E-state index in [-0.39, 0.29) is 18.6 Å². The fraction of sp³-hybridized carbons (Fsp3) is 0.235. The minimum atomic E-state index is -0.273. The van der Waals surface area contributed by atoms with E-state index in [9.17, 15) is 9.90 Å². The van der Waals surface area contributed by atoms with E-state index in [1.807, 2.05) is 55.5 Å². The Morgan fingerprint density at radius 1 is 1.15 bits per heavy atom. The first-order valence-corrected chi connectivity index (χ1v) is 6.71. The predicted octanol–water partition coefficient (Wildman–Crippen LogP) is 2.33. The lowest BCUT2D eigenvalue weighted by Crippen LogP contribution is -2.39. The average Bonchev–Trinajstić information content (AvgIpc) is 2.47. The Morgan fingerprint density at radius 3 is 2.55 bits per heavy atom. The summed E-state index contributed by atoms with van der Waals surface area (Å²) in [6.45, 7) is 1.87. The maximum Gasteiger partial charge on any atom is 0.251 e. The van der Waals surface area contributed by atoms with Gasteiger partial charge >= 0.3 is 0 Å². The maximum atomic E-state index is 12.1. The summed E-state index contributed by atoms with van der Waals surface area (Å²) in [6.07, 6.45) is 0.620. The van der Waals surface area contributed by atoms with Crippen molar-refractivity contribution in [3.05, 3.63) is 71.3 Å². The van der Waals surface area contributed by atoms with E-state index in [1.54, 1.807) is 6.07 Å². The highest BCUT2D eigenvalue weighted by atomic mass is 16.3. The average molecular weight is 269 g/mol. The molecule has 2 N–H and O–H groups in total. The van der Waals surface area contributed by atoms with E-state index in [0.29, 0.717) is 12.0 Å². The summed E-state index contributed by atoms with van der Waals surface area (Å²) < 4.78 is 0. The Kier molecular flexibility index (Phi) is 4.91. The maximum absolute atomic E-state index is 12.1. The fourth-order valence-corrected chi connectivity index (χ4v) is 2.11. The van der Waals surface area contributed by atoms with Crippen molar-refractivity contribution in [3.63, 3.8) is 0 Å². The molecule has 0 saturated heterocycles. The van der Waals surface area contributed by atoms with E-state index >= 15 is 0 Å². The van der Waals surface area contributed by atoms with E-state index in [1.165, 1.54) is 0 Å². The number of hydrogen-bond acceptors (Lipinski definition) is 2. The molecule has 3 nitrogen and oxygen atoms in total. The zero-order chi connectivity index (χ0) is 14.4. The molecule has 0 spiro atoms. The minimum Gasteiger partial charge on any atom is -0.394 e. The van der Waals surface area contributed by atoms with Gasteiger partial charge in [-0.1, -0.05) is 48.0 Å². The fourth-order valence-electron chi connectivity index (χ4n) is 2.11. The second-order valence-corrected chi connectivity index (χ2v) is 4.91. The van der Waals surface area contributed by atoms with E-state index in [2.05, 4.69) is 5.32 Å². The third-order valence-corrected chi connectivity index (χ3v) is 3.16. The highest BCUT2D eigenvalue weighted by Crippen LogP contribution is 2.06. The number of carbonyl (C=O) groups is 1. The first kappa shape index (κ1) is 14.3. The topological polar surface area (TPSA) is 49.3 Å². The van der Waals surface area contributed by atoms with Gasteiger partial charge in [0.15, 0.2) is 0 Å². The lowest BCUT2D eigenvalue weighted by atomic mass is 10.1. The van der Waals surface area contributed by atoms with Gasteiger partial charge in [-0.05, 0) is 31.0 Å². The zero-order valence-corrected chi connectivity index (χ0v) is 11.5. The highest BCUT2D eigenvalue weighted by Gasteiger charge is 2.13. The number of hydrogen-bond donors (Lipinski definition) is 2. The number of nitrogens with one attached hydrogen (secondary N) is 1. The van der Waals surface area contributed by atoms with Crippen LogP contribution < -0.4 is 5.32 Å². The molecule has 20 heavy (non-hydrogen) atoms. The van der Waals surface area contributed by atoms with Crippen molar-refractivity contribution in [3.8, 4) is 0 Å². The predicted molar refractivity (Wildman–Crippen MR) is 79.7 cm³/mol. The molecule has 2 rings (SSSR count). The van der Waals surface area contributed by atoms with Gasteiger partial charge in [-0.25, -0.2) is 0 Å². The van der Waals surface area contributed by atoms with Crippen LogP contribution >= 0.6 is 0 Å². The van der Waals surface area contributed by atoms with Crippen molar-refractivity contribution in [2.75, 3.05) is 6.61 Å². The number of rotatable bonds is 5. The molecule has 104 valence electrons. The molecule has 3 heteroatoms. The van der Waals surface area contributed by atoms with Gasteiger partial charge in [0, 0.05) is 5.56 Å². The molecule has 0 saturated carbocycles. The third kappa shape index (κ3) is 3.93. The molecule has 0 aromatic heterocycles. The van der Waals surface area contributed by atoms with Crippen molar-refractivity contribution in [1.29, 1.82) is 0 Å². The lowest BCUT2D eigenvalue weighted by molar-refractivity contribution is 0.0916. The van der Waals surface area contributed by atoms with Gasteiger partial charge in [0.25, 0.3) is 5.91 Å². The molecule has 0 fully saturated rings. The van der Waals surface area contributed by atoms with Gasteiger partial charge in [-0.2, -0.15) is 0 Å². The monoisotopic (exact) mass is 269 g/mol. The van der Waals surface area contributed by atoms with Crippen LogP contribution in [0.5, 0.6) is 0 Å². The molecule has 0 radical (unpaired) electrons. The number of aliphatic hydroxyl groups is 1. The molecule has 2 aromatic rings. The Balaban J connectivity index is 2.01. The van der Waals surface area contributed by atoms with Gasteiger partial charge in [0.2, 0.25) is 0 Å². The largest absolute Gasteiger partial charge is 0.394 e. The van der Waals surface area contributed by atoms with Gasteiger partial charge in [-0.3, -0.25) is 4.79 Å². The highest BCUT2D eigenvalue weighted by molar-refractivity contribution is 5.94. The van der Waals surface area contributed by atoms with Crippen molar-refractivity contribution < 1.29 is 9.90 Å². The zero-order valence-electron chi connectivity index (χ0n) is 11.5. The van der Waals surface area contributed by atoms with Crippen LogP contribution in [0.25, 0.3) is 0 Å². The smallest absolute Gasteiger partial charge is 0.251 e. The molecule has 0 aliphatic rings. The van der Waals surface area contributed by atoms with Crippen LogP contribution in [0.1, 0.15) is 21.5 Å². The number of aryl methyl sites for hydroxylation is 1. The molecule has 1 amide bonds. The number of aliphatic hydroxyl groups excluding tert-OH is 1. The van der Waals surface area contributed by atoms with Crippen molar-refractivity contribution in [2.45, 2.75) is 19.4 Å². The summed E-state index contributed by atoms with van der Waals surface area (Å²) in [5.41, 5.74) is 2.76. The van der Waals surface area contributed by atoms with Crippen LogP contribution in [0.15, 0.2) is 54.6 Å². The van der Waals surface area contributed by atoms with Gasteiger partial charge in [-0.15, -0.1) is 0 Å². The Morgan fingerprint density at radius 2 is 1.90 bits per heavy atom. The first-order chi connectivity index (χ1) is 9.69.